The summed E-state index contributed by atoms with van der Waals surface area (Å²) in [6.45, 7) is 1.58. The molecule has 0 radical (unpaired) electrons. The van der Waals surface area contributed by atoms with Crippen molar-refractivity contribution in [3.05, 3.63) is 66.6 Å². The van der Waals surface area contributed by atoms with Gasteiger partial charge in [-0.15, -0.1) is 0 Å². The van der Waals surface area contributed by atoms with Crippen LogP contribution in [0.15, 0.2) is 55.4 Å². The van der Waals surface area contributed by atoms with E-state index in [1.54, 1.807) is 18.6 Å². The molecule has 0 saturated carbocycles. The Hall–Kier alpha value is -2.77. The molecule has 2 aromatic heterocycles. The SMILES string of the molecule is Cn1cncc1[C@@H]1C[C@@H](NCc2ccc(Oc3cnccn3)cc2)CCO1. The predicted molar refractivity (Wildman–Crippen MR) is 100 cm³/mol. The highest BCUT2D eigenvalue weighted by Gasteiger charge is 2.25. The third-order valence-electron chi connectivity index (χ3n) is 4.75. The van der Waals surface area contributed by atoms with Crippen LogP contribution >= 0.6 is 0 Å². The van der Waals surface area contributed by atoms with E-state index >= 15 is 0 Å². The van der Waals surface area contributed by atoms with E-state index in [0.717, 1.165) is 37.4 Å². The number of benzene rings is 1. The number of hydrogen-bond donors (Lipinski definition) is 1. The summed E-state index contributed by atoms with van der Waals surface area (Å²) < 4.78 is 13.6. The predicted octanol–water partition coefficient (Wildman–Crippen LogP) is 3.01. The maximum absolute atomic E-state index is 5.93. The molecule has 7 nitrogen and oxygen atoms in total. The van der Waals surface area contributed by atoms with Crippen molar-refractivity contribution in [2.24, 2.45) is 7.05 Å². The fourth-order valence-corrected chi connectivity index (χ4v) is 3.26. The molecule has 4 rings (SSSR count). The van der Waals surface area contributed by atoms with E-state index < -0.39 is 0 Å². The Labute approximate surface area is 158 Å². The summed E-state index contributed by atoms with van der Waals surface area (Å²) in [5.74, 6) is 1.24. The zero-order chi connectivity index (χ0) is 18.5. The van der Waals surface area contributed by atoms with E-state index in [4.69, 9.17) is 9.47 Å². The molecule has 0 spiro atoms. The quantitative estimate of drug-likeness (QED) is 0.724. The summed E-state index contributed by atoms with van der Waals surface area (Å²) in [7, 11) is 2.01. The van der Waals surface area contributed by atoms with Gasteiger partial charge in [-0.25, -0.2) is 9.97 Å². The van der Waals surface area contributed by atoms with E-state index in [9.17, 15) is 0 Å². The summed E-state index contributed by atoms with van der Waals surface area (Å²) >= 11 is 0. The van der Waals surface area contributed by atoms with Crippen LogP contribution in [-0.4, -0.2) is 32.2 Å². The summed E-state index contributed by atoms with van der Waals surface area (Å²) in [5, 5.41) is 3.65. The molecule has 0 aliphatic carbocycles. The first-order chi connectivity index (χ1) is 13.3. The Morgan fingerprint density at radius 1 is 1.19 bits per heavy atom. The summed E-state index contributed by atoms with van der Waals surface area (Å²) in [5.41, 5.74) is 2.34. The van der Waals surface area contributed by atoms with Crippen LogP contribution in [0.3, 0.4) is 0 Å². The van der Waals surface area contributed by atoms with Gasteiger partial charge in [0.05, 0.1) is 24.4 Å². The second-order valence-electron chi connectivity index (χ2n) is 6.68. The third kappa shape index (κ3) is 4.50. The number of aromatic nitrogens is 4. The molecule has 1 aromatic carbocycles. The molecule has 1 aliphatic rings. The highest BCUT2D eigenvalue weighted by Crippen LogP contribution is 2.28. The number of imidazole rings is 1. The number of aryl methyl sites for hydroxylation is 1. The average Bonchev–Trinajstić information content (AvgIpc) is 3.14. The Balaban J connectivity index is 1.30. The van der Waals surface area contributed by atoms with Crippen LogP contribution in [0.1, 0.15) is 30.2 Å². The molecule has 7 heteroatoms. The normalized spacial score (nSPS) is 19.7. The summed E-state index contributed by atoms with van der Waals surface area (Å²) in [6.07, 6.45) is 10.6. The smallest absolute Gasteiger partial charge is 0.237 e. The van der Waals surface area contributed by atoms with Gasteiger partial charge in [0, 0.05) is 38.6 Å². The molecule has 3 aromatic rings. The van der Waals surface area contributed by atoms with Gasteiger partial charge in [-0.05, 0) is 30.5 Å². The largest absolute Gasteiger partial charge is 0.438 e. The van der Waals surface area contributed by atoms with Crippen molar-refractivity contribution in [1.82, 2.24) is 24.8 Å². The Morgan fingerprint density at radius 2 is 2.07 bits per heavy atom. The van der Waals surface area contributed by atoms with E-state index in [2.05, 4.69) is 32.4 Å². The van der Waals surface area contributed by atoms with Gasteiger partial charge >= 0.3 is 0 Å². The molecule has 0 bridgehead atoms. The molecule has 140 valence electrons. The zero-order valence-corrected chi connectivity index (χ0v) is 15.3. The van der Waals surface area contributed by atoms with E-state index in [1.807, 2.05) is 36.3 Å². The first-order valence-electron chi connectivity index (χ1n) is 9.12. The van der Waals surface area contributed by atoms with Gasteiger partial charge in [-0.1, -0.05) is 12.1 Å². The van der Waals surface area contributed by atoms with Gasteiger partial charge in [-0.3, -0.25) is 4.98 Å². The summed E-state index contributed by atoms with van der Waals surface area (Å²) in [6, 6.07) is 8.46. The van der Waals surface area contributed by atoms with Gasteiger partial charge in [0.15, 0.2) is 0 Å². The lowest BCUT2D eigenvalue weighted by atomic mass is 10.0. The van der Waals surface area contributed by atoms with Crippen LogP contribution in [-0.2, 0) is 18.3 Å². The zero-order valence-electron chi connectivity index (χ0n) is 15.3. The maximum Gasteiger partial charge on any atom is 0.237 e. The maximum atomic E-state index is 5.93. The van der Waals surface area contributed by atoms with Crippen LogP contribution in [0.2, 0.25) is 0 Å². The third-order valence-corrected chi connectivity index (χ3v) is 4.75. The minimum atomic E-state index is 0.103. The van der Waals surface area contributed by atoms with Gasteiger partial charge < -0.3 is 19.4 Å². The van der Waals surface area contributed by atoms with Gasteiger partial charge in [0.2, 0.25) is 5.88 Å². The minimum Gasteiger partial charge on any atom is -0.438 e. The van der Waals surface area contributed by atoms with Crippen LogP contribution in [0.5, 0.6) is 11.6 Å². The van der Waals surface area contributed by atoms with Crippen molar-refractivity contribution < 1.29 is 9.47 Å². The van der Waals surface area contributed by atoms with Crippen LogP contribution in [0.4, 0.5) is 0 Å². The van der Waals surface area contributed by atoms with Crippen LogP contribution < -0.4 is 10.1 Å². The minimum absolute atomic E-state index is 0.103. The number of rotatable bonds is 6. The monoisotopic (exact) mass is 365 g/mol. The second-order valence-corrected chi connectivity index (χ2v) is 6.68. The number of nitrogens with one attached hydrogen (secondary N) is 1. The van der Waals surface area contributed by atoms with Crippen molar-refractivity contribution in [2.45, 2.75) is 31.5 Å². The molecule has 27 heavy (non-hydrogen) atoms. The molecule has 1 aliphatic heterocycles. The fraction of sp³-hybridized carbons (Fsp3) is 0.350. The van der Waals surface area contributed by atoms with Gasteiger partial charge in [0.1, 0.15) is 11.9 Å². The Bertz CT molecular complexity index is 850. The molecular formula is C20H23N5O2. The molecule has 1 saturated heterocycles. The topological polar surface area (TPSA) is 74.1 Å². The average molecular weight is 365 g/mol. The lowest BCUT2D eigenvalue weighted by Gasteiger charge is -2.30. The highest BCUT2D eigenvalue weighted by molar-refractivity contribution is 5.29. The fourth-order valence-electron chi connectivity index (χ4n) is 3.26. The van der Waals surface area contributed by atoms with E-state index in [0.29, 0.717) is 11.9 Å². The van der Waals surface area contributed by atoms with E-state index in [-0.39, 0.29) is 6.10 Å². The molecule has 2 atom stereocenters. The Kier molecular flexibility index (Phi) is 5.41. The first-order valence-corrected chi connectivity index (χ1v) is 9.12. The van der Waals surface area contributed by atoms with Crippen molar-refractivity contribution in [1.29, 1.82) is 0 Å². The van der Waals surface area contributed by atoms with Crippen LogP contribution in [0.25, 0.3) is 0 Å². The number of ether oxygens (including phenoxy) is 2. The molecule has 3 heterocycles. The molecular weight excluding hydrogens is 342 g/mol. The van der Waals surface area contributed by atoms with Crippen LogP contribution in [0, 0.1) is 0 Å². The number of nitrogens with zero attached hydrogens (tertiary/aromatic N) is 4. The Morgan fingerprint density at radius 3 is 2.81 bits per heavy atom. The van der Waals surface area contributed by atoms with Crippen molar-refractivity contribution in [3.8, 4) is 11.6 Å². The lowest BCUT2D eigenvalue weighted by Crippen LogP contribution is -2.36. The number of hydrogen-bond acceptors (Lipinski definition) is 6. The summed E-state index contributed by atoms with van der Waals surface area (Å²) in [4.78, 5) is 12.3. The standard InChI is InChI=1S/C20H23N5O2/c1-25-14-22-12-18(25)19-10-16(6-9-26-19)24-11-15-2-4-17(5-3-15)27-20-13-21-7-8-23-20/h2-5,7-8,12-14,16,19,24H,6,9-11H2,1H3/t16-,19-/m0/s1. The molecule has 1 fully saturated rings. The molecule has 0 unspecified atom stereocenters. The lowest BCUT2D eigenvalue weighted by molar-refractivity contribution is -0.00404. The molecule has 1 N–H and O–H groups in total. The van der Waals surface area contributed by atoms with Crippen molar-refractivity contribution >= 4 is 0 Å². The molecule has 0 amide bonds. The van der Waals surface area contributed by atoms with Gasteiger partial charge in [-0.2, -0.15) is 0 Å². The highest BCUT2D eigenvalue weighted by atomic mass is 16.5. The van der Waals surface area contributed by atoms with Crippen molar-refractivity contribution in [3.63, 3.8) is 0 Å². The van der Waals surface area contributed by atoms with Gasteiger partial charge in [0.25, 0.3) is 0 Å². The van der Waals surface area contributed by atoms with E-state index in [1.165, 1.54) is 5.56 Å². The second kappa shape index (κ2) is 8.28. The van der Waals surface area contributed by atoms with Crippen molar-refractivity contribution in [2.75, 3.05) is 6.61 Å². The first kappa shape index (κ1) is 17.6.